The van der Waals surface area contributed by atoms with Crippen molar-refractivity contribution in [3.05, 3.63) is 0 Å². The number of carboxylic acid groups (broad SMARTS) is 2. The zero-order valence-electron chi connectivity index (χ0n) is 15.0. The minimum atomic E-state index is -1.28. The second-order valence-electron chi connectivity index (χ2n) is 5.30. The molecule has 1 atom stereocenters. The number of hydrogen-bond acceptors (Lipinski definition) is 7. The maximum atomic E-state index is 11.1. The summed E-state index contributed by atoms with van der Waals surface area (Å²) in [6.07, 6.45) is 3.90. The number of carbonyl (C=O) groups is 2. The first kappa shape index (κ1) is 29.3. The van der Waals surface area contributed by atoms with Crippen LogP contribution in [-0.4, -0.2) is 67.1 Å². The Morgan fingerprint density at radius 1 is 1.21 bits per heavy atom. The maximum absolute atomic E-state index is 11.1. The first-order valence-corrected chi connectivity index (χ1v) is 7.37. The summed E-state index contributed by atoms with van der Waals surface area (Å²) in [5.41, 5.74) is 0. The molecule has 0 saturated carbocycles. The summed E-state index contributed by atoms with van der Waals surface area (Å²) in [6, 6.07) is 0. The van der Waals surface area contributed by atoms with Crippen LogP contribution < -0.4 is 69.3 Å². The summed E-state index contributed by atoms with van der Waals surface area (Å²) in [6.45, 7) is 3.24. The summed E-state index contributed by atoms with van der Waals surface area (Å²) < 4.78 is 5.21. The third-order valence-electron chi connectivity index (χ3n) is 3.69. The first-order chi connectivity index (χ1) is 10.00. The SMILES string of the molecule is CCCCCC1=NCC[N+]1(CCOCC(=O)[O-])CC(=O)[O-].[Na+].[Na+].[OH-]. The van der Waals surface area contributed by atoms with Crippen molar-refractivity contribution in [2.75, 3.05) is 39.4 Å². The molecule has 10 heteroatoms. The topological polar surface area (TPSA) is 132 Å². The molecule has 1 unspecified atom stereocenters. The van der Waals surface area contributed by atoms with Gasteiger partial charge in [0, 0.05) is 6.42 Å². The predicted molar refractivity (Wildman–Crippen MR) is 74.1 cm³/mol. The number of amidine groups is 1. The van der Waals surface area contributed by atoms with Crippen molar-refractivity contribution in [3.8, 4) is 0 Å². The van der Waals surface area contributed by atoms with Gasteiger partial charge in [0.2, 0.25) is 0 Å². The van der Waals surface area contributed by atoms with Crippen LogP contribution in [0.3, 0.4) is 0 Å². The molecule has 0 saturated heterocycles. The van der Waals surface area contributed by atoms with E-state index in [1.165, 1.54) is 0 Å². The fraction of sp³-hybridized carbons (Fsp3) is 0.786. The third-order valence-corrected chi connectivity index (χ3v) is 3.69. The van der Waals surface area contributed by atoms with Gasteiger partial charge in [-0.15, -0.1) is 0 Å². The first-order valence-electron chi connectivity index (χ1n) is 7.37. The van der Waals surface area contributed by atoms with Crippen molar-refractivity contribution in [2.45, 2.75) is 32.6 Å². The smallest absolute Gasteiger partial charge is 0.870 e. The number of carboxylic acids is 2. The van der Waals surface area contributed by atoms with E-state index in [-0.39, 0.29) is 82.2 Å². The molecule has 0 spiro atoms. The molecule has 0 radical (unpaired) electrons. The van der Waals surface area contributed by atoms with Gasteiger partial charge in [0.25, 0.3) is 0 Å². The fourth-order valence-electron chi connectivity index (χ4n) is 2.63. The maximum Gasteiger partial charge on any atom is 1.00 e. The molecule has 0 aliphatic carbocycles. The van der Waals surface area contributed by atoms with Crippen LogP contribution in [-0.2, 0) is 14.3 Å². The van der Waals surface area contributed by atoms with E-state index in [0.717, 1.165) is 31.5 Å². The summed E-state index contributed by atoms with van der Waals surface area (Å²) in [5.74, 6) is -1.54. The molecule has 1 N–H and O–H groups in total. The van der Waals surface area contributed by atoms with Gasteiger partial charge in [-0.1, -0.05) is 19.8 Å². The van der Waals surface area contributed by atoms with E-state index < -0.39 is 18.5 Å². The summed E-state index contributed by atoms with van der Waals surface area (Å²) in [7, 11) is 0. The van der Waals surface area contributed by atoms with E-state index in [0.29, 0.717) is 19.6 Å². The number of unbranched alkanes of at least 4 members (excludes halogenated alkanes) is 2. The minimum absolute atomic E-state index is 0. The molecule has 1 heterocycles. The normalized spacial score (nSPS) is 18.6. The van der Waals surface area contributed by atoms with Crippen LogP contribution in [0.4, 0.5) is 0 Å². The van der Waals surface area contributed by atoms with Gasteiger partial charge in [-0.2, -0.15) is 0 Å². The average molecular weight is 362 g/mol. The zero-order chi connectivity index (χ0) is 15.7. The molecule has 1 aliphatic rings. The van der Waals surface area contributed by atoms with Gasteiger partial charge in [-0.25, -0.2) is 4.99 Å². The molecule has 1 rings (SSSR count). The van der Waals surface area contributed by atoms with Gasteiger partial charge in [-0.05, 0) is 6.42 Å². The Morgan fingerprint density at radius 3 is 2.42 bits per heavy atom. The van der Waals surface area contributed by atoms with Crippen LogP contribution in [0.5, 0.6) is 0 Å². The van der Waals surface area contributed by atoms with Crippen molar-refractivity contribution in [1.82, 2.24) is 0 Å². The van der Waals surface area contributed by atoms with Gasteiger partial charge >= 0.3 is 59.1 Å². The Labute approximate surface area is 187 Å². The van der Waals surface area contributed by atoms with E-state index in [2.05, 4.69) is 11.9 Å². The molecule has 0 aromatic rings. The molecular weight excluding hydrogens is 338 g/mol. The van der Waals surface area contributed by atoms with Crippen molar-refractivity contribution in [3.63, 3.8) is 0 Å². The Kier molecular flexibility index (Phi) is 19.2. The monoisotopic (exact) mass is 362 g/mol. The Morgan fingerprint density at radius 2 is 1.88 bits per heavy atom. The number of ether oxygens (including phenoxy) is 1. The molecule has 8 nitrogen and oxygen atoms in total. The Balaban J connectivity index is -0.00000147. The number of aliphatic carboxylic acids is 2. The molecule has 0 amide bonds. The largest absolute Gasteiger partial charge is 1.00 e. The average Bonchev–Trinajstić information content (AvgIpc) is 2.77. The Bertz CT molecular complexity index is 409. The summed E-state index contributed by atoms with van der Waals surface area (Å²) in [4.78, 5) is 25.8. The van der Waals surface area contributed by atoms with Gasteiger partial charge in [-0.3, -0.25) is 4.48 Å². The van der Waals surface area contributed by atoms with E-state index in [1.54, 1.807) is 0 Å². The number of carbonyl (C=O) groups excluding carboxylic acids is 2. The van der Waals surface area contributed by atoms with Crippen LogP contribution in [0.15, 0.2) is 4.99 Å². The molecule has 0 bridgehead atoms. The van der Waals surface area contributed by atoms with Crippen LogP contribution in [0, 0.1) is 0 Å². The minimum Gasteiger partial charge on any atom is -0.870 e. The van der Waals surface area contributed by atoms with Crippen molar-refractivity contribution >= 4 is 17.8 Å². The molecule has 0 fully saturated rings. The standard InChI is InChI=1S/C14H24N2O5.2Na.H2O/c1-2-3-4-5-12-15-6-7-16(12,10-13(17)18)8-9-21-11-14(19)20;;;/h2-11H2,1H3,(H-,17,18,19,20);;;1H2/q;2*+1;/p-2. The molecule has 128 valence electrons. The van der Waals surface area contributed by atoms with Crippen LogP contribution in [0.1, 0.15) is 32.6 Å². The summed E-state index contributed by atoms with van der Waals surface area (Å²) in [5, 5.41) is 21.4. The third kappa shape index (κ3) is 10.5. The van der Waals surface area contributed by atoms with Gasteiger partial charge in [0.15, 0.2) is 5.84 Å². The molecule has 1 aliphatic heterocycles. The Hall–Kier alpha value is 0.490. The van der Waals surface area contributed by atoms with Gasteiger partial charge < -0.3 is 30.0 Å². The molecule has 0 aromatic heterocycles. The van der Waals surface area contributed by atoms with Crippen molar-refractivity contribution in [1.29, 1.82) is 0 Å². The second-order valence-corrected chi connectivity index (χ2v) is 5.30. The van der Waals surface area contributed by atoms with Gasteiger partial charge in [0.1, 0.15) is 19.6 Å². The van der Waals surface area contributed by atoms with E-state index in [9.17, 15) is 19.8 Å². The predicted octanol–water partition coefficient (Wildman–Crippen LogP) is -7.86. The molecule has 0 aromatic carbocycles. The van der Waals surface area contributed by atoms with Crippen molar-refractivity contribution < 1.29 is 93.6 Å². The number of hydrogen-bond donors (Lipinski definition) is 0. The number of nitrogens with zero attached hydrogens (tertiary/aromatic N) is 2. The number of rotatable bonds is 11. The fourth-order valence-corrected chi connectivity index (χ4v) is 2.63. The molecular formula is C14H24N2Na2O6. The van der Waals surface area contributed by atoms with Gasteiger partial charge in [0.05, 0.1) is 31.7 Å². The quantitative estimate of drug-likeness (QED) is 0.204. The van der Waals surface area contributed by atoms with Crippen LogP contribution in [0.25, 0.3) is 0 Å². The summed E-state index contributed by atoms with van der Waals surface area (Å²) >= 11 is 0. The van der Waals surface area contributed by atoms with E-state index in [1.807, 2.05) is 0 Å². The van der Waals surface area contributed by atoms with Crippen LogP contribution >= 0.6 is 0 Å². The van der Waals surface area contributed by atoms with E-state index in [4.69, 9.17) is 4.74 Å². The molecule has 24 heavy (non-hydrogen) atoms. The number of quaternary nitrogens is 1. The van der Waals surface area contributed by atoms with Crippen molar-refractivity contribution in [2.24, 2.45) is 4.99 Å². The number of aliphatic imine (C=N–C) groups is 1. The zero-order valence-corrected chi connectivity index (χ0v) is 19.0. The van der Waals surface area contributed by atoms with Crippen LogP contribution in [0.2, 0.25) is 0 Å². The van der Waals surface area contributed by atoms with E-state index >= 15 is 0 Å². The second kappa shape index (κ2) is 15.7.